The molecule has 0 saturated heterocycles. The van der Waals surface area contributed by atoms with Gasteiger partial charge in [-0.25, -0.2) is 0 Å². The molecule has 2 aromatic carbocycles. The van der Waals surface area contributed by atoms with E-state index in [4.69, 9.17) is 9.47 Å². The number of H-pyrrole nitrogens is 1. The quantitative estimate of drug-likeness (QED) is 0.283. The van der Waals surface area contributed by atoms with Crippen LogP contribution >= 0.6 is 0 Å². The Kier molecular flexibility index (Phi) is 7.97. The minimum absolute atomic E-state index is 0.178. The maximum atomic E-state index is 12.3. The fourth-order valence-corrected chi connectivity index (χ4v) is 4.32. The van der Waals surface area contributed by atoms with E-state index in [1.165, 1.54) is 44.3 Å². The van der Waals surface area contributed by atoms with Crippen LogP contribution in [0.2, 0.25) is 0 Å². The summed E-state index contributed by atoms with van der Waals surface area (Å²) < 4.78 is 11.5. The van der Waals surface area contributed by atoms with Crippen molar-refractivity contribution < 1.29 is 19.1 Å². The SMILES string of the molecule is COc1cc(OCC2CCCCC2)ccc1C=CC(=O)CC(=O)C=Cc1ccc2cc[nH]c2c1. The summed E-state index contributed by atoms with van der Waals surface area (Å²) in [6.07, 6.45) is 14.4. The van der Waals surface area contributed by atoms with E-state index < -0.39 is 0 Å². The monoisotopic (exact) mass is 457 g/mol. The predicted molar refractivity (Wildman–Crippen MR) is 136 cm³/mol. The molecule has 0 aliphatic heterocycles. The first-order chi connectivity index (χ1) is 16.6. The summed E-state index contributed by atoms with van der Waals surface area (Å²) in [5.41, 5.74) is 2.68. The van der Waals surface area contributed by atoms with Crippen molar-refractivity contribution in [2.75, 3.05) is 13.7 Å². The Hall–Kier alpha value is -3.60. The number of methoxy groups -OCH3 is 1. The zero-order chi connectivity index (χ0) is 23.8. The second kappa shape index (κ2) is 11.5. The van der Waals surface area contributed by atoms with Crippen molar-refractivity contribution in [1.82, 2.24) is 4.98 Å². The van der Waals surface area contributed by atoms with Crippen LogP contribution in [-0.4, -0.2) is 30.3 Å². The molecule has 1 fully saturated rings. The third kappa shape index (κ3) is 6.47. The third-order valence-corrected chi connectivity index (χ3v) is 6.25. The molecule has 34 heavy (non-hydrogen) atoms. The highest BCUT2D eigenvalue weighted by Gasteiger charge is 2.14. The first kappa shape index (κ1) is 23.6. The van der Waals surface area contributed by atoms with Crippen LogP contribution < -0.4 is 9.47 Å². The van der Waals surface area contributed by atoms with Crippen LogP contribution in [0.25, 0.3) is 23.1 Å². The van der Waals surface area contributed by atoms with Gasteiger partial charge in [0.25, 0.3) is 0 Å². The minimum atomic E-state index is -0.255. The Morgan fingerprint density at radius 1 is 0.971 bits per heavy atom. The van der Waals surface area contributed by atoms with Gasteiger partial charge in [-0.1, -0.05) is 37.5 Å². The number of ketones is 2. The van der Waals surface area contributed by atoms with Gasteiger partial charge in [-0.15, -0.1) is 0 Å². The highest BCUT2D eigenvalue weighted by molar-refractivity contribution is 6.11. The fraction of sp³-hybridized carbons (Fsp3) is 0.310. The molecule has 176 valence electrons. The normalized spacial score (nSPS) is 14.7. The van der Waals surface area contributed by atoms with Gasteiger partial charge < -0.3 is 14.5 Å². The number of carbonyl (C=O) groups excluding carboxylic acids is 2. The van der Waals surface area contributed by atoms with Gasteiger partial charge in [0.05, 0.1) is 20.1 Å². The molecule has 0 unspecified atom stereocenters. The topological polar surface area (TPSA) is 68.4 Å². The number of allylic oxidation sites excluding steroid dienone is 2. The van der Waals surface area contributed by atoms with Gasteiger partial charge in [0.2, 0.25) is 0 Å². The first-order valence-corrected chi connectivity index (χ1v) is 11.9. The molecule has 0 spiro atoms. The molecule has 1 aromatic heterocycles. The lowest BCUT2D eigenvalue weighted by Crippen LogP contribution is -2.15. The van der Waals surface area contributed by atoms with Crippen molar-refractivity contribution in [2.24, 2.45) is 5.92 Å². The Morgan fingerprint density at radius 3 is 2.56 bits per heavy atom. The summed E-state index contributed by atoms with van der Waals surface area (Å²) in [5.74, 6) is 1.54. The number of benzene rings is 2. The number of rotatable bonds is 10. The summed E-state index contributed by atoms with van der Waals surface area (Å²) in [6, 6.07) is 13.5. The van der Waals surface area contributed by atoms with Crippen LogP contribution in [0.5, 0.6) is 11.5 Å². The molecule has 0 bridgehead atoms. The number of nitrogens with one attached hydrogen (secondary N) is 1. The molecule has 5 nitrogen and oxygen atoms in total. The average molecular weight is 458 g/mol. The van der Waals surface area contributed by atoms with Crippen molar-refractivity contribution in [3.05, 3.63) is 71.9 Å². The maximum absolute atomic E-state index is 12.3. The van der Waals surface area contributed by atoms with Gasteiger partial charge in [0.1, 0.15) is 11.5 Å². The molecule has 1 saturated carbocycles. The zero-order valence-corrected chi connectivity index (χ0v) is 19.6. The molecule has 0 amide bonds. The maximum Gasteiger partial charge on any atom is 0.163 e. The third-order valence-electron chi connectivity index (χ3n) is 6.25. The number of carbonyl (C=O) groups is 2. The van der Waals surface area contributed by atoms with Crippen molar-refractivity contribution in [2.45, 2.75) is 38.5 Å². The molecular formula is C29H31NO4. The Morgan fingerprint density at radius 2 is 1.76 bits per heavy atom. The largest absolute Gasteiger partial charge is 0.496 e. The number of aromatic amines is 1. The smallest absolute Gasteiger partial charge is 0.163 e. The van der Waals surface area contributed by atoms with Gasteiger partial charge >= 0.3 is 0 Å². The molecule has 3 aromatic rings. The summed E-state index contributed by atoms with van der Waals surface area (Å²) in [6.45, 7) is 0.727. The van der Waals surface area contributed by atoms with E-state index in [2.05, 4.69) is 4.98 Å². The van der Waals surface area contributed by atoms with Gasteiger partial charge in [-0.3, -0.25) is 9.59 Å². The second-order valence-corrected chi connectivity index (χ2v) is 8.82. The highest BCUT2D eigenvalue weighted by Crippen LogP contribution is 2.28. The molecule has 1 heterocycles. The second-order valence-electron chi connectivity index (χ2n) is 8.82. The lowest BCUT2D eigenvalue weighted by atomic mass is 9.90. The van der Waals surface area contributed by atoms with Gasteiger partial charge in [0.15, 0.2) is 11.6 Å². The van der Waals surface area contributed by atoms with E-state index in [0.29, 0.717) is 11.7 Å². The van der Waals surface area contributed by atoms with Gasteiger partial charge in [-0.2, -0.15) is 0 Å². The van der Waals surface area contributed by atoms with Crippen molar-refractivity contribution in [3.63, 3.8) is 0 Å². The summed E-state index contributed by atoms with van der Waals surface area (Å²) in [4.78, 5) is 27.7. The number of hydrogen-bond acceptors (Lipinski definition) is 4. The predicted octanol–water partition coefficient (Wildman–Crippen LogP) is 6.39. The Balaban J connectivity index is 1.30. The Bertz CT molecular complexity index is 1200. The van der Waals surface area contributed by atoms with E-state index in [-0.39, 0.29) is 18.0 Å². The number of fused-ring (bicyclic) bond motifs is 1. The molecule has 0 atom stereocenters. The van der Waals surface area contributed by atoms with E-state index in [9.17, 15) is 9.59 Å². The number of ether oxygens (including phenoxy) is 2. The zero-order valence-electron chi connectivity index (χ0n) is 19.6. The molecule has 4 rings (SSSR count). The van der Waals surface area contributed by atoms with Crippen LogP contribution in [0.1, 0.15) is 49.7 Å². The van der Waals surface area contributed by atoms with E-state index in [0.717, 1.165) is 34.4 Å². The molecule has 0 radical (unpaired) electrons. The van der Waals surface area contributed by atoms with Gasteiger partial charge in [-0.05, 0) is 72.2 Å². The first-order valence-electron chi connectivity index (χ1n) is 11.9. The van der Waals surface area contributed by atoms with Crippen LogP contribution in [-0.2, 0) is 9.59 Å². The lowest BCUT2D eigenvalue weighted by Gasteiger charge is -2.21. The summed E-state index contributed by atoms with van der Waals surface area (Å²) in [7, 11) is 1.60. The van der Waals surface area contributed by atoms with Crippen LogP contribution in [0.15, 0.2) is 60.8 Å². The van der Waals surface area contributed by atoms with Crippen LogP contribution in [0.3, 0.4) is 0 Å². The number of aromatic nitrogens is 1. The van der Waals surface area contributed by atoms with Crippen LogP contribution in [0.4, 0.5) is 0 Å². The van der Waals surface area contributed by atoms with E-state index in [1.807, 2.05) is 48.7 Å². The number of hydrogen-bond donors (Lipinski definition) is 1. The average Bonchev–Trinajstić information content (AvgIpc) is 3.34. The minimum Gasteiger partial charge on any atom is -0.496 e. The van der Waals surface area contributed by atoms with Crippen molar-refractivity contribution in [1.29, 1.82) is 0 Å². The fourth-order valence-electron chi connectivity index (χ4n) is 4.32. The molecule has 1 aliphatic carbocycles. The van der Waals surface area contributed by atoms with E-state index in [1.54, 1.807) is 19.3 Å². The van der Waals surface area contributed by atoms with Crippen molar-refractivity contribution >= 4 is 34.6 Å². The molecule has 1 N–H and O–H groups in total. The molecule has 5 heteroatoms. The summed E-state index contributed by atoms with van der Waals surface area (Å²) in [5, 5.41) is 1.11. The van der Waals surface area contributed by atoms with Crippen molar-refractivity contribution in [3.8, 4) is 11.5 Å². The Labute approximate surface area is 200 Å². The van der Waals surface area contributed by atoms with Gasteiger partial charge in [0, 0.05) is 23.3 Å². The standard InChI is InChI=1S/C29H31NO4/c1-33-29-19-27(34-20-22-5-3-2-4-6-22)14-11-24(29)10-13-26(32)18-25(31)12-8-21-7-9-23-15-16-30-28(23)17-21/h7-17,19,22,30H,2-6,18,20H2,1H3. The van der Waals surface area contributed by atoms with Crippen LogP contribution in [0, 0.1) is 5.92 Å². The molecule has 1 aliphatic rings. The molecular weight excluding hydrogens is 426 g/mol. The summed E-state index contributed by atoms with van der Waals surface area (Å²) >= 11 is 0. The van der Waals surface area contributed by atoms with E-state index >= 15 is 0 Å². The highest BCUT2D eigenvalue weighted by atomic mass is 16.5. The lowest BCUT2D eigenvalue weighted by molar-refractivity contribution is -0.121.